The second kappa shape index (κ2) is 12.8. The number of nitrogens with zero attached hydrogens (tertiary/aromatic N) is 4. The molecule has 1 aliphatic rings. The fourth-order valence-corrected chi connectivity index (χ4v) is 3.19. The highest BCUT2D eigenvalue weighted by atomic mass is 127. The van der Waals surface area contributed by atoms with Crippen LogP contribution in [0.5, 0.6) is 0 Å². The summed E-state index contributed by atoms with van der Waals surface area (Å²) < 4.78 is 13.1. The van der Waals surface area contributed by atoms with Crippen LogP contribution < -0.4 is 10.6 Å². The SMILES string of the molecule is CN=C(NCCCOCc1ccco1)NCCc1nnc2n1CCCCC2.I. The first-order valence-electron chi connectivity index (χ1n) is 9.82. The Labute approximate surface area is 183 Å². The molecular formula is C19H31IN6O2. The Kier molecular flexibility index (Phi) is 10.3. The van der Waals surface area contributed by atoms with E-state index in [9.17, 15) is 0 Å². The van der Waals surface area contributed by atoms with Crippen molar-refractivity contribution in [2.24, 2.45) is 4.99 Å². The van der Waals surface area contributed by atoms with Gasteiger partial charge in [0.1, 0.15) is 24.0 Å². The van der Waals surface area contributed by atoms with E-state index in [2.05, 4.69) is 30.4 Å². The van der Waals surface area contributed by atoms with Gasteiger partial charge in [0.2, 0.25) is 0 Å². The van der Waals surface area contributed by atoms with Gasteiger partial charge in [-0.15, -0.1) is 34.2 Å². The van der Waals surface area contributed by atoms with Gasteiger partial charge in [-0.2, -0.15) is 0 Å². The zero-order valence-electron chi connectivity index (χ0n) is 16.5. The molecule has 0 bridgehead atoms. The Morgan fingerprint density at radius 1 is 1.25 bits per heavy atom. The summed E-state index contributed by atoms with van der Waals surface area (Å²) in [5.41, 5.74) is 0. The van der Waals surface area contributed by atoms with Gasteiger partial charge in [-0.05, 0) is 31.4 Å². The molecule has 0 amide bonds. The number of fused-ring (bicyclic) bond motifs is 1. The number of ether oxygens (including phenoxy) is 1. The molecule has 0 fully saturated rings. The number of aryl methyl sites for hydroxylation is 1. The van der Waals surface area contributed by atoms with E-state index in [1.165, 1.54) is 19.3 Å². The van der Waals surface area contributed by atoms with Crippen molar-refractivity contribution in [3.63, 3.8) is 0 Å². The van der Waals surface area contributed by atoms with Crippen LogP contribution in [-0.2, 0) is 30.7 Å². The fourth-order valence-electron chi connectivity index (χ4n) is 3.19. The summed E-state index contributed by atoms with van der Waals surface area (Å²) in [4.78, 5) is 4.26. The van der Waals surface area contributed by atoms with E-state index in [1.54, 1.807) is 13.3 Å². The van der Waals surface area contributed by atoms with Crippen molar-refractivity contribution in [1.82, 2.24) is 25.4 Å². The molecule has 1 aliphatic heterocycles. The van der Waals surface area contributed by atoms with Gasteiger partial charge < -0.3 is 24.4 Å². The Morgan fingerprint density at radius 3 is 2.96 bits per heavy atom. The van der Waals surface area contributed by atoms with Crippen molar-refractivity contribution < 1.29 is 9.15 Å². The third-order valence-corrected chi connectivity index (χ3v) is 4.63. The minimum Gasteiger partial charge on any atom is -0.467 e. The molecular weight excluding hydrogens is 471 g/mol. The molecule has 0 saturated carbocycles. The number of hydrogen-bond donors (Lipinski definition) is 2. The molecule has 8 nitrogen and oxygen atoms in total. The first-order chi connectivity index (χ1) is 13.4. The number of hydrogen-bond acceptors (Lipinski definition) is 5. The highest BCUT2D eigenvalue weighted by Gasteiger charge is 2.14. The summed E-state index contributed by atoms with van der Waals surface area (Å²) >= 11 is 0. The second-order valence-electron chi connectivity index (χ2n) is 6.66. The fraction of sp³-hybridized carbons (Fsp3) is 0.632. The molecule has 3 heterocycles. The van der Waals surface area contributed by atoms with E-state index in [4.69, 9.17) is 9.15 Å². The average molecular weight is 502 g/mol. The molecule has 0 atom stereocenters. The van der Waals surface area contributed by atoms with E-state index >= 15 is 0 Å². The smallest absolute Gasteiger partial charge is 0.190 e. The monoisotopic (exact) mass is 502 g/mol. The maximum atomic E-state index is 5.57. The number of rotatable bonds is 9. The Bertz CT molecular complexity index is 701. The van der Waals surface area contributed by atoms with E-state index < -0.39 is 0 Å². The number of nitrogens with one attached hydrogen (secondary N) is 2. The van der Waals surface area contributed by atoms with Gasteiger partial charge in [-0.1, -0.05) is 6.42 Å². The van der Waals surface area contributed by atoms with Gasteiger partial charge in [0.05, 0.1) is 6.26 Å². The number of halogens is 1. The minimum absolute atomic E-state index is 0. The Balaban J connectivity index is 0.00000280. The molecule has 0 aromatic carbocycles. The molecule has 28 heavy (non-hydrogen) atoms. The zero-order valence-corrected chi connectivity index (χ0v) is 18.9. The lowest BCUT2D eigenvalue weighted by atomic mass is 10.2. The van der Waals surface area contributed by atoms with E-state index in [1.807, 2.05) is 12.1 Å². The lowest BCUT2D eigenvalue weighted by molar-refractivity contribution is 0.105. The quantitative estimate of drug-likeness (QED) is 0.237. The maximum Gasteiger partial charge on any atom is 0.190 e. The molecule has 156 valence electrons. The van der Waals surface area contributed by atoms with Crippen LogP contribution in [0.15, 0.2) is 27.8 Å². The van der Waals surface area contributed by atoms with Crippen molar-refractivity contribution in [2.45, 2.75) is 51.7 Å². The van der Waals surface area contributed by atoms with Crippen LogP contribution in [0.1, 0.15) is 43.1 Å². The topological polar surface area (TPSA) is 89.5 Å². The van der Waals surface area contributed by atoms with Gasteiger partial charge in [-0.25, -0.2) is 0 Å². The lowest BCUT2D eigenvalue weighted by Crippen LogP contribution is -2.39. The Morgan fingerprint density at radius 2 is 2.14 bits per heavy atom. The zero-order chi connectivity index (χ0) is 18.7. The number of aliphatic imine (C=N–C) groups is 1. The summed E-state index contributed by atoms with van der Waals surface area (Å²) in [7, 11) is 1.78. The van der Waals surface area contributed by atoms with Gasteiger partial charge in [0.15, 0.2) is 5.96 Å². The first kappa shape index (κ1) is 22.7. The normalized spacial score (nSPS) is 14.1. The summed E-state index contributed by atoms with van der Waals surface area (Å²) in [6.45, 7) is 3.83. The number of aromatic nitrogens is 3. The molecule has 3 rings (SSSR count). The third-order valence-electron chi connectivity index (χ3n) is 4.63. The standard InChI is InChI=1S/C19H30N6O2.HI/c1-20-19(21-10-6-13-26-15-16-7-5-14-27-16)22-11-9-18-24-23-17-8-3-2-4-12-25(17)18;/h5,7,14H,2-4,6,8-13,15H2,1H3,(H2,20,21,22);1H. The van der Waals surface area contributed by atoms with Crippen LogP contribution in [0.2, 0.25) is 0 Å². The van der Waals surface area contributed by atoms with E-state index in [0.717, 1.165) is 62.3 Å². The molecule has 2 aromatic rings. The molecule has 9 heteroatoms. The molecule has 2 aromatic heterocycles. The minimum atomic E-state index is 0. The van der Waals surface area contributed by atoms with E-state index in [0.29, 0.717) is 13.2 Å². The average Bonchev–Trinajstić information content (AvgIpc) is 3.27. The lowest BCUT2D eigenvalue weighted by Gasteiger charge is -2.12. The van der Waals surface area contributed by atoms with Crippen molar-refractivity contribution >= 4 is 29.9 Å². The predicted molar refractivity (Wildman–Crippen MR) is 119 cm³/mol. The van der Waals surface area contributed by atoms with Crippen LogP contribution in [-0.4, -0.2) is 47.5 Å². The molecule has 0 saturated heterocycles. The van der Waals surface area contributed by atoms with Gasteiger partial charge in [-0.3, -0.25) is 4.99 Å². The molecule has 0 unspecified atom stereocenters. The van der Waals surface area contributed by atoms with Crippen LogP contribution >= 0.6 is 24.0 Å². The summed E-state index contributed by atoms with van der Waals surface area (Å²) in [5.74, 6) is 3.86. The highest BCUT2D eigenvalue weighted by molar-refractivity contribution is 14.0. The second-order valence-corrected chi connectivity index (χ2v) is 6.66. The Hall–Kier alpha value is -1.62. The predicted octanol–water partition coefficient (Wildman–Crippen LogP) is 2.53. The molecule has 0 spiro atoms. The van der Waals surface area contributed by atoms with Crippen LogP contribution in [0.4, 0.5) is 0 Å². The van der Waals surface area contributed by atoms with Gasteiger partial charge in [0, 0.05) is 46.1 Å². The van der Waals surface area contributed by atoms with Crippen LogP contribution in [0.3, 0.4) is 0 Å². The van der Waals surface area contributed by atoms with Crippen molar-refractivity contribution in [3.05, 3.63) is 35.8 Å². The molecule has 0 radical (unpaired) electrons. The molecule has 2 N–H and O–H groups in total. The van der Waals surface area contributed by atoms with Gasteiger partial charge >= 0.3 is 0 Å². The largest absolute Gasteiger partial charge is 0.467 e. The highest BCUT2D eigenvalue weighted by Crippen LogP contribution is 2.14. The van der Waals surface area contributed by atoms with Crippen molar-refractivity contribution in [2.75, 3.05) is 26.7 Å². The molecule has 0 aliphatic carbocycles. The number of furan rings is 1. The van der Waals surface area contributed by atoms with Crippen LogP contribution in [0, 0.1) is 0 Å². The summed E-state index contributed by atoms with van der Waals surface area (Å²) in [6, 6.07) is 3.78. The van der Waals surface area contributed by atoms with Gasteiger partial charge in [0.25, 0.3) is 0 Å². The summed E-state index contributed by atoms with van der Waals surface area (Å²) in [6.07, 6.45) is 8.18. The van der Waals surface area contributed by atoms with Crippen molar-refractivity contribution in [1.29, 1.82) is 0 Å². The maximum absolute atomic E-state index is 5.57. The third kappa shape index (κ3) is 7.08. The van der Waals surface area contributed by atoms with Crippen molar-refractivity contribution in [3.8, 4) is 0 Å². The van der Waals surface area contributed by atoms with E-state index in [-0.39, 0.29) is 24.0 Å². The van der Waals surface area contributed by atoms with Crippen LogP contribution in [0.25, 0.3) is 0 Å². The number of guanidine groups is 1. The summed E-state index contributed by atoms with van der Waals surface area (Å²) in [5, 5.41) is 15.4. The first-order valence-corrected chi connectivity index (χ1v) is 9.82.